The van der Waals surface area contributed by atoms with Gasteiger partial charge in [-0.2, -0.15) is 0 Å². The topological polar surface area (TPSA) is 59.2 Å². The average molecular weight is 295 g/mol. The zero-order chi connectivity index (χ0) is 13.6. The summed E-state index contributed by atoms with van der Waals surface area (Å²) < 4.78 is 13.4. The largest absolute Gasteiger partial charge is 1.00 e. The van der Waals surface area contributed by atoms with Gasteiger partial charge >= 0.3 is 0 Å². The van der Waals surface area contributed by atoms with Crippen LogP contribution in [0.2, 0.25) is 0 Å². The van der Waals surface area contributed by atoms with Gasteiger partial charge in [0.1, 0.15) is 5.82 Å². The lowest BCUT2D eigenvalue weighted by Crippen LogP contribution is -3.00. The summed E-state index contributed by atoms with van der Waals surface area (Å²) in [5, 5.41) is 0.501. The molecule has 0 unspecified atom stereocenters. The van der Waals surface area contributed by atoms with Crippen LogP contribution in [0.25, 0.3) is 10.9 Å². The van der Waals surface area contributed by atoms with Crippen LogP contribution in [0, 0.1) is 5.82 Å². The van der Waals surface area contributed by atoms with Crippen LogP contribution in [0.3, 0.4) is 0 Å². The molecule has 1 aromatic heterocycles. The number of likely N-dealkylation sites (N-methyl/N-ethyl adjacent to an activating group) is 1. The molecular formula is C14H14ClFN3O-. The average Bonchev–Trinajstić information content (AvgIpc) is 2.35. The van der Waals surface area contributed by atoms with Gasteiger partial charge in [-0.05, 0) is 25.2 Å². The predicted molar refractivity (Wildman–Crippen MR) is 70.3 cm³/mol. The molecule has 0 radical (unpaired) electrons. The summed E-state index contributed by atoms with van der Waals surface area (Å²) in [5.74, 6) is -0.912. The number of rotatable bonds is 1. The lowest BCUT2D eigenvalue weighted by atomic mass is 9.95. The van der Waals surface area contributed by atoms with Crippen LogP contribution in [0.5, 0.6) is 0 Å². The smallest absolute Gasteiger partial charge is 0.249 e. The number of fused-ring (bicyclic) bond motifs is 2. The maximum atomic E-state index is 13.4. The number of amides is 1. The second-order valence-electron chi connectivity index (χ2n) is 4.93. The summed E-state index contributed by atoms with van der Waals surface area (Å²) in [5.41, 5.74) is 8.25. The number of aromatic nitrogens is 1. The lowest BCUT2D eigenvalue weighted by molar-refractivity contribution is -0.0000130. The Bertz CT molecular complexity index is 690. The molecule has 0 fully saturated rings. The Labute approximate surface area is 122 Å². The molecule has 6 heteroatoms. The van der Waals surface area contributed by atoms with Gasteiger partial charge in [0.25, 0.3) is 0 Å². The van der Waals surface area contributed by atoms with Crippen LogP contribution >= 0.6 is 0 Å². The van der Waals surface area contributed by atoms with Crippen molar-refractivity contribution < 1.29 is 21.6 Å². The number of carbonyl (C=O) groups is 1. The van der Waals surface area contributed by atoms with Gasteiger partial charge in [-0.3, -0.25) is 9.78 Å². The monoisotopic (exact) mass is 294 g/mol. The Morgan fingerprint density at radius 2 is 2.20 bits per heavy atom. The van der Waals surface area contributed by atoms with Crippen molar-refractivity contribution in [1.82, 2.24) is 9.88 Å². The number of hydrogen-bond acceptors (Lipinski definition) is 3. The minimum Gasteiger partial charge on any atom is -1.00 e. The molecule has 3 rings (SSSR count). The van der Waals surface area contributed by atoms with Crippen molar-refractivity contribution in [2.75, 3.05) is 13.6 Å². The van der Waals surface area contributed by atoms with E-state index >= 15 is 0 Å². The third-order valence-electron chi connectivity index (χ3n) is 3.54. The number of carbonyl (C=O) groups excluding carboxylic acids is 1. The van der Waals surface area contributed by atoms with Gasteiger partial charge in [0.2, 0.25) is 5.91 Å². The first-order valence-corrected chi connectivity index (χ1v) is 6.15. The van der Waals surface area contributed by atoms with E-state index in [2.05, 4.69) is 9.88 Å². The normalized spacial score (nSPS) is 14.7. The summed E-state index contributed by atoms with van der Waals surface area (Å²) in [6.07, 6.45) is 0.777. The van der Waals surface area contributed by atoms with Crippen molar-refractivity contribution in [3.05, 3.63) is 40.8 Å². The highest BCUT2D eigenvalue weighted by Crippen LogP contribution is 2.27. The molecule has 0 spiro atoms. The highest BCUT2D eigenvalue weighted by Gasteiger charge is 2.23. The molecule has 106 valence electrons. The molecule has 2 N–H and O–H groups in total. The molecule has 1 aliphatic heterocycles. The number of pyridine rings is 1. The third-order valence-corrected chi connectivity index (χ3v) is 3.54. The molecule has 0 aliphatic carbocycles. The molecule has 0 saturated heterocycles. The third kappa shape index (κ3) is 2.34. The van der Waals surface area contributed by atoms with Crippen molar-refractivity contribution in [2.45, 2.75) is 13.0 Å². The first kappa shape index (κ1) is 14.7. The Morgan fingerprint density at radius 1 is 1.45 bits per heavy atom. The number of benzene rings is 1. The summed E-state index contributed by atoms with van der Waals surface area (Å²) in [6, 6.07) is 4.27. The lowest BCUT2D eigenvalue weighted by Gasteiger charge is -2.26. The molecule has 20 heavy (non-hydrogen) atoms. The molecule has 0 saturated carbocycles. The Morgan fingerprint density at radius 3 is 2.90 bits per heavy atom. The summed E-state index contributed by atoms with van der Waals surface area (Å²) in [4.78, 5) is 18.4. The second kappa shape index (κ2) is 5.34. The molecule has 2 heterocycles. The summed E-state index contributed by atoms with van der Waals surface area (Å²) >= 11 is 0. The van der Waals surface area contributed by atoms with Crippen molar-refractivity contribution >= 4 is 16.8 Å². The van der Waals surface area contributed by atoms with E-state index in [1.165, 1.54) is 12.1 Å². The van der Waals surface area contributed by atoms with E-state index in [1.54, 1.807) is 6.07 Å². The van der Waals surface area contributed by atoms with Crippen LogP contribution < -0.4 is 18.1 Å². The van der Waals surface area contributed by atoms with Gasteiger partial charge in [-0.1, -0.05) is 0 Å². The van der Waals surface area contributed by atoms with Gasteiger partial charge in [0, 0.05) is 36.2 Å². The number of halogens is 2. The van der Waals surface area contributed by atoms with E-state index in [1.807, 2.05) is 7.05 Å². The van der Waals surface area contributed by atoms with Gasteiger partial charge in [0.15, 0.2) is 0 Å². The van der Waals surface area contributed by atoms with E-state index in [0.29, 0.717) is 23.0 Å². The van der Waals surface area contributed by atoms with Gasteiger partial charge in [0.05, 0.1) is 11.1 Å². The number of primary amides is 1. The fourth-order valence-electron chi connectivity index (χ4n) is 2.63. The van der Waals surface area contributed by atoms with Crippen LogP contribution in [0.4, 0.5) is 4.39 Å². The first-order valence-electron chi connectivity index (χ1n) is 6.15. The molecule has 0 atom stereocenters. The highest BCUT2D eigenvalue weighted by atomic mass is 35.5. The van der Waals surface area contributed by atoms with Crippen molar-refractivity contribution in [1.29, 1.82) is 0 Å². The van der Waals surface area contributed by atoms with Crippen LogP contribution in [0.1, 0.15) is 21.6 Å². The summed E-state index contributed by atoms with van der Waals surface area (Å²) in [6.45, 7) is 1.51. The van der Waals surface area contributed by atoms with E-state index in [4.69, 9.17) is 5.73 Å². The highest BCUT2D eigenvalue weighted by molar-refractivity contribution is 6.07. The summed E-state index contributed by atoms with van der Waals surface area (Å²) in [7, 11) is 1.98. The van der Waals surface area contributed by atoms with Gasteiger partial charge < -0.3 is 23.0 Å². The molecule has 0 bridgehead atoms. The Kier molecular flexibility index (Phi) is 3.92. The zero-order valence-electron chi connectivity index (χ0n) is 11.0. The molecule has 2 aromatic rings. The molecule has 1 aromatic carbocycles. The molecular weight excluding hydrogens is 281 g/mol. The maximum absolute atomic E-state index is 13.4. The standard InChI is InChI=1S/C14H14FN3O.ClH/c1-18-5-4-12-10(7-18)13(14(16)19)9-6-8(15)2-3-11(9)17-12;/h2-3,6H,4-5,7H2,1H3,(H2,16,19);1H/p-1. The fourth-order valence-corrected chi connectivity index (χ4v) is 2.63. The quantitative estimate of drug-likeness (QED) is 0.694. The van der Waals surface area contributed by atoms with Crippen LogP contribution in [-0.4, -0.2) is 29.4 Å². The van der Waals surface area contributed by atoms with E-state index < -0.39 is 5.91 Å². The predicted octanol–water partition coefficient (Wildman–Crippen LogP) is -1.54. The Balaban J connectivity index is 0.00000147. The molecule has 1 amide bonds. The number of nitrogens with two attached hydrogens (primary N) is 1. The van der Waals surface area contributed by atoms with Crippen molar-refractivity contribution in [3.63, 3.8) is 0 Å². The Hall–Kier alpha value is -1.72. The maximum Gasteiger partial charge on any atom is 0.249 e. The van der Waals surface area contributed by atoms with Crippen molar-refractivity contribution in [2.24, 2.45) is 5.73 Å². The fraction of sp³-hybridized carbons (Fsp3) is 0.286. The SMILES string of the molecule is CN1CCc2nc3ccc(F)cc3c(C(N)=O)c2C1.[Cl-]. The molecule has 4 nitrogen and oxygen atoms in total. The first-order chi connectivity index (χ1) is 9.06. The van der Waals surface area contributed by atoms with Crippen LogP contribution in [0.15, 0.2) is 18.2 Å². The van der Waals surface area contributed by atoms with Gasteiger partial charge in [-0.25, -0.2) is 4.39 Å². The molecule has 1 aliphatic rings. The minimum absolute atomic E-state index is 0. The van der Waals surface area contributed by atoms with Crippen LogP contribution in [-0.2, 0) is 13.0 Å². The van der Waals surface area contributed by atoms with Gasteiger partial charge in [-0.15, -0.1) is 0 Å². The number of nitrogens with zero attached hydrogens (tertiary/aromatic N) is 2. The minimum atomic E-state index is -0.524. The zero-order valence-corrected chi connectivity index (χ0v) is 11.7. The second-order valence-corrected chi connectivity index (χ2v) is 4.93. The van der Waals surface area contributed by atoms with Crippen molar-refractivity contribution in [3.8, 4) is 0 Å². The van der Waals surface area contributed by atoms with E-state index in [9.17, 15) is 9.18 Å². The van der Waals surface area contributed by atoms with E-state index in [0.717, 1.165) is 24.2 Å². The number of hydrogen-bond donors (Lipinski definition) is 1. The van der Waals surface area contributed by atoms with E-state index in [-0.39, 0.29) is 18.2 Å².